The van der Waals surface area contributed by atoms with E-state index in [2.05, 4.69) is 5.32 Å². The zero-order valence-corrected chi connectivity index (χ0v) is 18.5. The summed E-state index contributed by atoms with van der Waals surface area (Å²) in [5.41, 5.74) is 0.233. The van der Waals surface area contributed by atoms with Crippen LogP contribution >= 0.6 is 0 Å². The van der Waals surface area contributed by atoms with Crippen molar-refractivity contribution in [3.8, 4) is 23.0 Å². The first-order valence-corrected chi connectivity index (χ1v) is 9.83. The van der Waals surface area contributed by atoms with Crippen LogP contribution in [0.1, 0.15) is 45.6 Å². The first-order valence-electron chi connectivity index (χ1n) is 9.83. The second-order valence-corrected chi connectivity index (χ2v) is 7.82. The Morgan fingerprint density at radius 2 is 1.90 bits per heavy atom. The minimum atomic E-state index is -0.540. The number of fused-ring (bicyclic) bond motifs is 1. The third-order valence-corrected chi connectivity index (χ3v) is 4.20. The minimum Gasteiger partial charge on any atom is -0.493 e. The van der Waals surface area contributed by atoms with Gasteiger partial charge in [0.15, 0.2) is 11.5 Å². The monoisotopic (exact) mass is 425 g/mol. The van der Waals surface area contributed by atoms with E-state index in [0.29, 0.717) is 42.8 Å². The van der Waals surface area contributed by atoms with Crippen molar-refractivity contribution in [3.05, 3.63) is 11.6 Å². The molecule has 1 unspecified atom stereocenters. The predicted octanol–water partition coefficient (Wildman–Crippen LogP) is 3.04. The van der Waals surface area contributed by atoms with Gasteiger partial charge in [0.2, 0.25) is 5.75 Å². The van der Waals surface area contributed by atoms with E-state index >= 15 is 0 Å². The maximum absolute atomic E-state index is 11.7. The highest BCUT2D eigenvalue weighted by atomic mass is 16.6. The summed E-state index contributed by atoms with van der Waals surface area (Å²) in [5, 5.41) is 2.62. The number of methoxy groups -OCH3 is 2. The Kier molecular flexibility index (Phi) is 8.16. The highest BCUT2D eigenvalue weighted by Gasteiger charge is 2.32. The Hall–Kier alpha value is -2.68. The molecule has 1 aliphatic rings. The van der Waals surface area contributed by atoms with Crippen LogP contribution in [0.25, 0.3) is 0 Å². The van der Waals surface area contributed by atoms with Crippen molar-refractivity contribution in [1.82, 2.24) is 5.32 Å². The highest BCUT2D eigenvalue weighted by Crippen LogP contribution is 2.50. The van der Waals surface area contributed by atoms with Crippen LogP contribution in [-0.2, 0) is 14.3 Å². The van der Waals surface area contributed by atoms with Gasteiger partial charge in [0.05, 0.1) is 33.9 Å². The molecule has 9 nitrogen and oxygen atoms in total. The fourth-order valence-electron chi connectivity index (χ4n) is 3.01. The largest absolute Gasteiger partial charge is 0.493 e. The van der Waals surface area contributed by atoms with Gasteiger partial charge in [-0.1, -0.05) is 6.92 Å². The smallest absolute Gasteiger partial charge is 0.407 e. The Bertz CT molecular complexity index is 756. The second-order valence-electron chi connectivity index (χ2n) is 7.82. The molecule has 0 fully saturated rings. The number of ether oxygens (including phenoxy) is 6. The standard InChI is InChI=1S/C21H31NO8/c1-13-11-16(23)29-14-12-15(25-5)18(19(26-6)17(13)14)28-10-9-27-8-7-22-20(24)30-21(2,3)4/h12-13H,7-11H2,1-6H3,(H,22,24). The average Bonchev–Trinajstić information content (AvgIpc) is 2.64. The van der Waals surface area contributed by atoms with Gasteiger partial charge in [-0.25, -0.2) is 4.79 Å². The maximum atomic E-state index is 11.7. The van der Waals surface area contributed by atoms with Gasteiger partial charge in [0.1, 0.15) is 18.0 Å². The van der Waals surface area contributed by atoms with E-state index in [9.17, 15) is 9.59 Å². The van der Waals surface area contributed by atoms with E-state index in [1.807, 2.05) is 6.92 Å². The van der Waals surface area contributed by atoms with Gasteiger partial charge in [-0.05, 0) is 26.7 Å². The molecule has 30 heavy (non-hydrogen) atoms. The highest BCUT2D eigenvalue weighted by molar-refractivity contribution is 5.79. The lowest BCUT2D eigenvalue weighted by atomic mass is 9.93. The molecule has 0 bridgehead atoms. The number of hydrogen-bond donors (Lipinski definition) is 1. The number of carbonyl (C=O) groups excluding carboxylic acids is 2. The quantitative estimate of drug-likeness (QED) is 0.366. The summed E-state index contributed by atoms with van der Waals surface area (Å²) >= 11 is 0. The van der Waals surface area contributed by atoms with Gasteiger partial charge in [-0.3, -0.25) is 4.79 Å². The van der Waals surface area contributed by atoms with E-state index in [1.54, 1.807) is 26.8 Å². The van der Waals surface area contributed by atoms with Gasteiger partial charge in [0, 0.05) is 18.2 Å². The number of amides is 1. The fraction of sp³-hybridized carbons (Fsp3) is 0.619. The first kappa shape index (κ1) is 23.6. The van der Waals surface area contributed by atoms with Crippen molar-refractivity contribution in [3.63, 3.8) is 0 Å². The molecule has 0 spiro atoms. The van der Waals surface area contributed by atoms with Gasteiger partial charge in [-0.15, -0.1) is 0 Å². The van der Waals surface area contributed by atoms with Gasteiger partial charge in [-0.2, -0.15) is 0 Å². The molecule has 1 aromatic carbocycles. The maximum Gasteiger partial charge on any atom is 0.407 e. The zero-order chi connectivity index (χ0) is 22.3. The Morgan fingerprint density at radius 1 is 1.17 bits per heavy atom. The van der Waals surface area contributed by atoms with E-state index < -0.39 is 11.7 Å². The van der Waals surface area contributed by atoms with Crippen LogP contribution in [0.15, 0.2) is 6.07 Å². The van der Waals surface area contributed by atoms with E-state index in [0.717, 1.165) is 5.56 Å². The fourth-order valence-corrected chi connectivity index (χ4v) is 3.01. The Labute approximate surface area is 176 Å². The van der Waals surface area contributed by atoms with Crippen molar-refractivity contribution < 1.29 is 38.0 Å². The van der Waals surface area contributed by atoms with Crippen molar-refractivity contribution in [1.29, 1.82) is 0 Å². The molecule has 0 radical (unpaired) electrons. The molecule has 1 N–H and O–H groups in total. The topological polar surface area (TPSA) is 102 Å². The predicted molar refractivity (Wildman–Crippen MR) is 109 cm³/mol. The lowest BCUT2D eigenvalue weighted by Gasteiger charge is -2.26. The number of nitrogens with one attached hydrogen (secondary N) is 1. The molecule has 1 atom stereocenters. The number of esters is 1. The summed E-state index contributed by atoms with van der Waals surface area (Å²) in [6.45, 7) is 8.50. The van der Waals surface area contributed by atoms with Crippen LogP contribution in [0.4, 0.5) is 4.79 Å². The molecule has 1 amide bonds. The number of hydrogen-bond acceptors (Lipinski definition) is 8. The van der Waals surface area contributed by atoms with Crippen LogP contribution < -0.4 is 24.3 Å². The van der Waals surface area contributed by atoms with Crippen molar-refractivity contribution in [2.45, 2.75) is 45.6 Å². The van der Waals surface area contributed by atoms with Gasteiger partial charge >= 0.3 is 12.1 Å². The van der Waals surface area contributed by atoms with Crippen LogP contribution in [-0.4, -0.2) is 58.2 Å². The number of carbonyl (C=O) groups is 2. The van der Waals surface area contributed by atoms with Gasteiger partial charge < -0.3 is 33.7 Å². The molecule has 2 rings (SSSR count). The number of rotatable bonds is 9. The summed E-state index contributed by atoms with van der Waals surface area (Å²) in [6, 6.07) is 1.63. The SMILES string of the molecule is COc1cc2c(c(OC)c1OCCOCCNC(=O)OC(C)(C)C)C(C)CC(=O)O2. The Balaban J connectivity index is 1.89. The summed E-state index contributed by atoms with van der Waals surface area (Å²) in [5.74, 6) is 1.37. The molecular weight excluding hydrogens is 394 g/mol. The van der Waals surface area contributed by atoms with Crippen LogP contribution in [0.5, 0.6) is 23.0 Å². The van der Waals surface area contributed by atoms with Crippen molar-refractivity contribution in [2.24, 2.45) is 0 Å². The Morgan fingerprint density at radius 3 is 2.53 bits per heavy atom. The van der Waals surface area contributed by atoms with Crippen molar-refractivity contribution >= 4 is 12.1 Å². The molecule has 0 saturated carbocycles. The zero-order valence-electron chi connectivity index (χ0n) is 18.5. The van der Waals surface area contributed by atoms with E-state index in [1.165, 1.54) is 14.2 Å². The molecule has 1 aliphatic heterocycles. The summed E-state index contributed by atoms with van der Waals surface area (Å²) in [7, 11) is 3.03. The second kappa shape index (κ2) is 10.4. The molecule has 0 aromatic heterocycles. The molecule has 0 saturated heterocycles. The summed E-state index contributed by atoms with van der Waals surface area (Å²) in [6.07, 6.45) is -0.219. The summed E-state index contributed by atoms with van der Waals surface area (Å²) < 4.78 is 32.8. The van der Waals surface area contributed by atoms with E-state index in [4.69, 9.17) is 28.4 Å². The third-order valence-electron chi connectivity index (χ3n) is 4.20. The first-order chi connectivity index (χ1) is 14.2. The van der Waals surface area contributed by atoms with Crippen LogP contribution in [0.2, 0.25) is 0 Å². The van der Waals surface area contributed by atoms with E-state index in [-0.39, 0.29) is 24.9 Å². The lowest BCUT2D eigenvalue weighted by Crippen LogP contribution is -2.34. The third kappa shape index (κ3) is 6.41. The average molecular weight is 425 g/mol. The number of alkyl carbamates (subject to hydrolysis) is 1. The lowest BCUT2D eigenvalue weighted by molar-refractivity contribution is -0.135. The molecule has 168 valence electrons. The molecule has 1 aromatic rings. The molecular formula is C21H31NO8. The van der Waals surface area contributed by atoms with Crippen molar-refractivity contribution in [2.75, 3.05) is 40.6 Å². The summed E-state index contributed by atoms with van der Waals surface area (Å²) in [4.78, 5) is 23.3. The number of benzene rings is 1. The molecule has 0 aliphatic carbocycles. The molecule has 1 heterocycles. The normalized spacial score (nSPS) is 15.7. The van der Waals surface area contributed by atoms with Crippen LogP contribution in [0, 0.1) is 0 Å². The van der Waals surface area contributed by atoms with Crippen LogP contribution in [0.3, 0.4) is 0 Å². The van der Waals surface area contributed by atoms with Gasteiger partial charge in [0.25, 0.3) is 0 Å². The minimum absolute atomic E-state index is 0.0698. The molecule has 9 heteroatoms.